The van der Waals surface area contributed by atoms with Crippen molar-refractivity contribution in [3.05, 3.63) is 58.7 Å². The van der Waals surface area contributed by atoms with Crippen molar-refractivity contribution in [3.8, 4) is 17.2 Å². The molecule has 1 aliphatic heterocycles. The third-order valence-corrected chi connectivity index (χ3v) is 5.55. The molecule has 1 fully saturated rings. The number of hydrogen-bond donors (Lipinski definition) is 1. The molecule has 0 saturated carbocycles. The molecule has 1 saturated heterocycles. The van der Waals surface area contributed by atoms with Crippen molar-refractivity contribution in [2.75, 3.05) is 41.1 Å². The van der Waals surface area contributed by atoms with Crippen LogP contribution in [0.4, 0.5) is 0 Å². The normalized spacial score (nSPS) is 17.4. The Morgan fingerprint density at radius 3 is 2.30 bits per heavy atom. The molecular formula is C25H29NO7. The van der Waals surface area contributed by atoms with Crippen LogP contribution in [0.2, 0.25) is 0 Å². The third kappa shape index (κ3) is 4.66. The summed E-state index contributed by atoms with van der Waals surface area (Å²) in [6.07, 6.45) is 0. The van der Waals surface area contributed by atoms with E-state index in [9.17, 15) is 14.7 Å². The van der Waals surface area contributed by atoms with Gasteiger partial charge >= 0.3 is 0 Å². The fourth-order valence-electron chi connectivity index (χ4n) is 3.96. The molecule has 0 aromatic heterocycles. The lowest BCUT2D eigenvalue weighted by Crippen LogP contribution is -2.32. The molecule has 176 valence electrons. The van der Waals surface area contributed by atoms with Gasteiger partial charge in [-0.15, -0.1) is 0 Å². The van der Waals surface area contributed by atoms with Crippen molar-refractivity contribution < 1.29 is 33.6 Å². The maximum Gasteiger partial charge on any atom is 0.295 e. The molecule has 0 unspecified atom stereocenters. The van der Waals surface area contributed by atoms with Crippen molar-refractivity contribution in [2.45, 2.75) is 19.9 Å². The van der Waals surface area contributed by atoms with Gasteiger partial charge in [-0.25, -0.2) is 0 Å². The zero-order valence-electron chi connectivity index (χ0n) is 19.5. The predicted octanol–water partition coefficient (Wildman–Crippen LogP) is 3.48. The number of amides is 1. The molecule has 0 radical (unpaired) electrons. The number of ketones is 1. The first-order chi connectivity index (χ1) is 15.9. The Labute approximate surface area is 193 Å². The molecule has 3 rings (SSSR count). The Balaban J connectivity index is 2.18. The lowest BCUT2D eigenvalue weighted by Gasteiger charge is -2.25. The summed E-state index contributed by atoms with van der Waals surface area (Å²) >= 11 is 0. The average Bonchev–Trinajstić information content (AvgIpc) is 3.07. The summed E-state index contributed by atoms with van der Waals surface area (Å²) < 4.78 is 21.5. The molecule has 1 atom stereocenters. The van der Waals surface area contributed by atoms with Gasteiger partial charge in [0.15, 0.2) is 11.5 Å². The zero-order chi connectivity index (χ0) is 24.1. The third-order valence-electron chi connectivity index (χ3n) is 5.55. The second-order valence-corrected chi connectivity index (χ2v) is 7.51. The molecule has 0 spiro atoms. The minimum absolute atomic E-state index is 0.00637. The summed E-state index contributed by atoms with van der Waals surface area (Å²) in [5.74, 6) is -0.0429. The number of ether oxygens (including phenoxy) is 4. The molecule has 2 aromatic carbocycles. The average molecular weight is 456 g/mol. The van der Waals surface area contributed by atoms with E-state index in [4.69, 9.17) is 18.9 Å². The minimum atomic E-state index is -0.813. The van der Waals surface area contributed by atoms with Gasteiger partial charge in [0, 0.05) is 19.2 Å². The number of likely N-dealkylation sites (tertiary alicyclic amines) is 1. The van der Waals surface area contributed by atoms with E-state index in [1.54, 1.807) is 43.5 Å². The highest BCUT2D eigenvalue weighted by Crippen LogP contribution is 2.42. The number of hydrogen-bond acceptors (Lipinski definition) is 7. The summed E-state index contributed by atoms with van der Waals surface area (Å²) in [5, 5.41) is 11.2. The Hall–Kier alpha value is -3.52. The molecule has 2 aromatic rings. The first-order valence-electron chi connectivity index (χ1n) is 10.6. The fraction of sp³-hybridized carbons (Fsp3) is 0.360. The highest BCUT2D eigenvalue weighted by molar-refractivity contribution is 6.46. The number of Topliss-reactive ketones (excluding diaryl/α,β-unsaturated/α-hetero) is 1. The summed E-state index contributed by atoms with van der Waals surface area (Å²) in [5.41, 5.74) is 1.82. The molecule has 8 nitrogen and oxygen atoms in total. The number of nitrogens with zero attached hydrogens (tertiary/aromatic N) is 1. The number of methoxy groups -OCH3 is 3. The van der Waals surface area contributed by atoms with Crippen molar-refractivity contribution in [1.29, 1.82) is 0 Å². The molecule has 0 bridgehead atoms. The number of aryl methyl sites for hydroxylation is 1. The van der Waals surface area contributed by atoms with Crippen molar-refractivity contribution >= 4 is 17.4 Å². The number of aliphatic hydroxyl groups excluding tert-OH is 1. The van der Waals surface area contributed by atoms with Gasteiger partial charge in [-0.3, -0.25) is 9.59 Å². The number of rotatable bonds is 9. The van der Waals surface area contributed by atoms with E-state index >= 15 is 0 Å². The van der Waals surface area contributed by atoms with E-state index in [1.165, 1.54) is 19.1 Å². The zero-order valence-corrected chi connectivity index (χ0v) is 19.5. The minimum Gasteiger partial charge on any atom is -0.507 e. The maximum atomic E-state index is 13.1. The molecular weight excluding hydrogens is 426 g/mol. The van der Waals surface area contributed by atoms with Gasteiger partial charge in [0.25, 0.3) is 11.7 Å². The topological polar surface area (TPSA) is 94.5 Å². The number of carbonyl (C=O) groups excluding carboxylic acids is 2. The second kappa shape index (κ2) is 10.4. The van der Waals surface area contributed by atoms with E-state index in [0.29, 0.717) is 35.0 Å². The number of aliphatic hydroxyl groups is 1. The lowest BCUT2D eigenvalue weighted by atomic mass is 9.94. The van der Waals surface area contributed by atoms with Gasteiger partial charge in [0.2, 0.25) is 0 Å². The van der Waals surface area contributed by atoms with Crippen LogP contribution < -0.4 is 14.2 Å². The van der Waals surface area contributed by atoms with Crippen LogP contribution in [0.1, 0.15) is 29.7 Å². The first-order valence-corrected chi connectivity index (χ1v) is 10.6. The Bertz CT molecular complexity index is 1080. The maximum absolute atomic E-state index is 13.1. The Kier molecular flexibility index (Phi) is 7.60. The fourth-order valence-corrected chi connectivity index (χ4v) is 3.96. The van der Waals surface area contributed by atoms with E-state index in [-0.39, 0.29) is 24.5 Å². The van der Waals surface area contributed by atoms with Gasteiger partial charge in [-0.1, -0.05) is 6.07 Å². The molecule has 1 heterocycles. The van der Waals surface area contributed by atoms with Crippen LogP contribution in [-0.4, -0.2) is 62.8 Å². The van der Waals surface area contributed by atoms with Crippen LogP contribution in [0, 0.1) is 6.92 Å². The van der Waals surface area contributed by atoms with Gasteiger partial charge < -0.3 is 29.0 Å². The van der Waals surface area contributed by atoms with Crippen LogP contribution in [0.5, 0.6) is 17.2 Å². The van der Waals surface area contributed by atoms with E-state index in [0.717, 1.165) is 5.56 Å². The number of carbonyl (C=O) groups is 2. The molecule has 1 aliphatic rings. The van der Waals surface area contributed by atoms with Crippen LogP contribution in [-0.2, 0) is 14.3 Å². The van der Waals surface area contributed by atoms with Gasteiger partial charge in [0.05, 0.1) is 39.0 Å². The molecule has 0 aliphatic carbocycles. The summed E-state index contributed by atoms with van der Waals surface area (Å²) in [7, 11) is 4.60. The van der Waals surface area contributed by atoms with Gasteiger partial charge in [-0.2, -0.15) is 0 Å². The highest BCUT2D eigenvalue weighted by Gasteiger charge is 2.46. The van der Waals surface area contributed by atoms with Gasteiger partial charge in [0.1, 0.15) is 11.5 Å². The second-order valence-electron chi connectivity index (χ2n) is 7.51. The van der Waals surface area contributed by atoms with E-state index in [1.807, 2.05) is 13.8 Å². The van der Waals surface area contributed by atoms with Crippen LogP contribution in [0.3, 0.4) is 0 Å². The quantitative estimate of drug-likeness (QED) is 0.351. The highest BCUT2D eigenvalue weighted by atomic mass is 16.5. The largest absolute Gasteiger partial charge is 0.507 e. The van der Waals surface area contributed by atoms with E-state index in [2.05, 4.69) is 0 Å². The van der Waals surface area contributed by atoms with Crippen LogP contribution >= 0.6 is 0 Å². The molecule has 8 heteroatoms. The lowest BCUT2D eigenvalue weighted by molar-refractivity contribution is -0.140. The smallest absolute Gasteiger partial charge is 0.295 e. The van der Waals surface area contributed by atoms with Crippen molar-refractivity contribution in [2.24, 2.45) is 0 Å². The van der Waals surface area contributed by atoms with Crippen LogP contribution in [0.25, 0.3) is 5.76 Å². The number of benzene rings is 2. The standard InChI is InChI=1S/C25H29NO7/c1-6-33-19-10-7-16(14-20(19)32-5)22-21(24(28)25(29)26(22)11-12-30-3)23(27)17-8-9-18(31-4)15(2)13-17/h7-10,13-14,22,27H,6,11-12H2,1-5H3/b23-21+/t22-/m0/s1. The SMILES string of the molecule is CCOc1ccc([C@H]2/C(=C(\O)c3ccc(OC)c(C)c3)C(=O)C(=O)N2CCOC)cc1OC. The molecule has 1 N–H and O–H groups in total. The van der Waals surface area contributed by atoms with Crippen LogP contribution in [0.15, 0.2) is 42.0 Å². The summed E-state index contributed by atoms with van der Waals surface area (Å²) in [6, 6.07) is 9.47. The summed E-state index contributed by atoms with van der Waals surface area (Å²) in [6.45, 7) is 4.57. The monoisotopic (exact) mass is 455 g/mol. The first kappa shape index (κ1) is 24.1. The van der Waals surface area contributed by atoms with E-state index < -0.39 is 17.7 Å². The predicted molar refractivity (Wildman–Crippen MR) is 123 cm³/mol. The Morgan fingerprint density at radius 1 is 1.00 bits per heavy atom. The molecule has 1 amide bonds. The van der Waals surface area contributed by atoms with Crippen molar-refractivity contribution in [3.63, 3.8) is 0 Å². The Morgan fingerprint density at radius 2 is 1.70 bits per heavy atom. The van der Waals surface area contributed by atoms with Gasteiger partial charge in [-0.05, 0) is 55.3 Å². The van der Waals surface area contributed by atoms with Crippen molar-refractivity contribution in [1.82, 2.24) is 4.90 Å². The molecule has 33 heavy (non-hydrogen) atoms. The summed E-state index contributed by atoms with van der Waals surface area (Å²) in [4.78, 5) is 27.4.